The Bertz CT molecular complexity index is 408. The van der Waals surface area contributed by atoms with Gasteiger partial charge in [0, 0.05) is 26.2 Å². The zero-order valence-corrected chi connectivity index (χ0v) is 14.9. The van der Waals surface area contributed by atoms with Crippen molar-refractivity contribution in [2.24, 2.45) is 0 Å². The van der Waals surface area contributed by atoms with E-state index in [1.54, 1.807) is 0 Å². The van der Waals surface area contributed by atoms with Gasteiger partial charge in [0.25, 0.3) is 0 Å². The molecule has 24 heavy (non-hydrogen) atoms. The minimum Gasteiger partial charge on any atom is -0.379 e. The molecule has 134 valence electrons. The molecular weight excluding hydrogens is 300 g/mol. The van der Waals surface area contributed by atoms with Crippen molar-refractivity contribution >= 4 is 0 Å². The van der Waals surface area contributed by atoms with E-state index in [4.69, 9.17) is 9.47 Å². The fourth-order valence-electron chi connectivity index (χ4n) is 3.54. The molecule has 2 aliphatic heterocycles. The van der Waals surface area contributed by atoms with Crippen molar-refractivity contribution in [3.8, 4) is 0 Å². The van der Waals surface area contributed by atoms with Crippen LogP contribution in [0.2, 0.25) is 0 Å². The smallest absolute Gasteiger partial charge is 0.0594 e. The van der Waals surface area contributed by atoms with Gasteiger partial charge >= 0.3 is 0 Å². The molecule has 2 heterocycles. The first-order valence-electron chi connectivity index (χ1n) is 9.58. The third kappa shape index (κ3) is 6.17. The highest BCUT2D eigenvalue weighted by atomic mass is 16.5. The molecule has 0 bridgehead atoms. The van der Waals surface area contributed by atoms with E-state index in [-0.39, 0.29) is 0 Å². The minimum atomic E-state index is 0.902. The molecule has 0 saturated carbocycles. The summed E-state index contributed by atoms with van der Waals surface area (Å²) in [7, 11) is 0. The summed E-state index contributed by atoms with van der Waals surface area (Å²) in [5.74, 6) is 0. The van der Waals surface area contributed by atoms with E-state index < -0.39 is 0 Å². The second kappa shape index (κ2) is 10.1. The van der Waals surface area contributed by atoms with Gasteiger partial charge in [-0.3, -0.25) is 9.80 Å². The van der Waals surface area contributed by atoms with Crippen molar-refractivity contribution in [1.82, 2.24) is 9.80 Å². The third-order valence-electron chi connectivity index (χ3n) is 5.11. The molecule has 1 aromatic rings. The summed E-state index contributed by atoms with van der Waals surface area (Å²) in [5, 5.41) is 0. The van der Waals surface area contributed by atoms with Crippen LogP contribution >= 0.6 is 0 Å². The summed E-state index contributed by atoms with van der Waals surface area (Å²) in [6, 6.07) is 9.29. The molecule has 0 atom stereocenters. The predicted molar refractivity (Wildman–Crippen MR) is 97.6 cm³/mol. The van der Waals surface area contributed by atoms with Gasteiger partial charge in [-0.05, 0) is 49.9 Å². The van der Waals surface area contributed by atoms with Gasteiger partial charge in [-0.15, -0.1) is 0 Å². The number of ether oxygens (including phenoxy) is 2. The quantitative estimate of drug-likeness (QED) is 0.729. The Morgan fingerprint density at radius 3 is 1.38 bits per heavy atom. The average molecular weight is 332 g/mol. The third-order valence-corrected chi connectivity index (χ3v) is 5.11. The van der Waals surface area contributed by atoms with E-state index in [1.807, 2.05) is 0 Å². The van der Waals surface area contributed by atoms with Crippen molar-refractivity contribution in [3.63, 3.8) is 0 Å². The van der Waals surface area contributed by atoms with Crippen LogP contribution in [0.25, 0.3) is 0 Å². The summed E-state index contributed by atoms with van der Waals surface area (Å²) >= 11 is 0. The molecule has 3 rings (SSSR count). The van der Waals surface area contributed by atoms with Crippen LogP contribution in [0.1, 0.15) is 24.0 Å². The van der Waals surface area contributed by atoms with Gasteiger partial charge < -0.3 is 9.47 Å². The van der Waals surface area contributed by atoms with E-state index >= 15 is 0 Å². The number of hydrogen-bond acceptors (Lipinski definition) is 4. The Morgan fingerprint density at radius 2 is 1.00 bits per heavy atom. The molecule has 0 aromatic heterocycles. The molecule has 0 amide bonds. The monoisotopic (exact) mass is 332 g/mol. The standard InChI is InChI=1S/C20H32N2O2/c1(9-21-11-15-23-16-12-21)3-19-5-7-20(8-6-19)4-2-10-22-13-17-24-18-14-22/h5-8H,1-4,9-18H2. The van der Waals surface area contributed by atoms with Crippen LogP contribution in [0.15, 0.2) is 24.3 Å². The first kappa shape index (κ1) is 17.9. The molecule has 0 unspecified atom stereocenters. The lowest BCUT2D eigenvalue weighted by Crippen LogP contribution is -2.37. The first-order chi connectivity index (χ1) is 11.9. The Kier molecular flexibility index (Phi) is 7.55. The number of hydrogen-bond donors (Lipinski definition) is 0. The van der Waals surface area contributed by atoms with Crippen LogP contribution in [0.3, 0.4) is 0 Å². The summed E-state index contributed by atoms with van der Waals surface area (Å²) in [5.41, 5.74) is 2.94. The van der Waals surface area contributed by atoms with Crippen LogP contribution in [0, 0.1) is 0 Å². The zero-order valence-electron chi connectivity index (χ0n) is 14.9. The zero-order chi connectivity index (χ0) is 16.5. The van der Waals surface area contributed by atoms with Crippen LogP contribution < -0.4 is 0 Å². The Hall–Kier alpha value is -0.940. The molecule has 2 aliphatic rings. The lowest BCUT2D eigenvalue weighted by molar-refractivity contribution is 0.0374. The molecule has 0 spiro atoms. The maximum Gasteiger partial charge on any atom is 0.0594 e. The fraction of sp³-hybridized carbons (Fsp3) is 0.700. The summed E-state index contributed by atoms with van der Waals surface area (Å²) in [6.45, 7) is 10.4. The average Bonchev–Trinajstić information content (AvgIpc) is 2.65. The van der Waals surface area contributed by atoms with Crippen molar-refractivity contribution in [2.45, 2.75) is 25.7 Å². The van der Waals surface area contributed by atoms with Gasteiger partial charge in [-0.25, -0.2) is 0 Å². The highest BCUT2D eigenvalue weighted by Gasteiger charge is 2.10. The van der Waals surface area contributed by atoms with Crippen LogP contribution in [0.5, 0.6) is 0 Å². The molecule has 0 radical (unpaired) electrons. The van der Waals surface area contributed by atoms with Crippen LogP contribution in [-0.2, 0) is 22.3 Å². The van der Waals surface area contributed by atoms with Gasteiger partial charge in [-0.1, -0.05) is 24.3 Å². The Morgan fingerprint density at radius 1 is 0.625 bits per heavy atom. The summed E-state index contributed by atoms with van der Waals surface area (Å²) in [6.07, 6.45) is 4.86. The van der Waals surface area contributed by atoms with E-state index in [9.17, 15) is 0 Å². The molecule has 1 aromatic carbocycles. The fourth-order valence-corrected chi connectivity index (χ4v) is 3.54. The van der Waals surface area contributed by atoms with Gasteiger partial charge in [0.1, 0.15) is 0 Å². The lowest BCUT2D eigenvalue weighted by Gasteiger charge is -2.26. The highest BCUT2D eigenvalue weighted by Crippen LogP contribution is 2.10. The normalized spacial score (nSPS) is 20.3. The van der Waals surface area contributed by atoms with E-state index in [0.29, 0.717) is 0 Å². The predicted octanol–water partition coefficient (Wildman–Crippen LogP) is 2.22. The van der Waals surface area contributed by atoms with Crippen molar-refractivity contribution < 1.29 is 9.47 Å². The first-order valence-corrected chi connectivity index (χ1v) is 9.58. The second-order valence-electron chi connectivity index (χ2n) is 6.93. The van der Waals surface area contributed by atoms with Crippen molar-refractivity contribution in [1.29, 1.82) is 0 Å². The van der Waals surface area contributed by atoms with E-state index in [2.05, 4.69) is 34.1 Å². The summed E-state index contributed by atoms with van der Waals surface area (Å²) in [4.78, 5) is 5.03. The maximum atomic E-state index is 5.40. The number of rotatable bonds is 8. The SMILES string of the molecule is c1cc(CCCN2CCOCC2)ccc1CCCN1CCOCC1. The minimum absolute atomic E-state index is 0.902. The van der Waals surface area contributed by atoms with E-state index in [1.165, 1.54) is 49.9 Å². The van der Waals surface area contributed by atoms with Crippen molar-refractivity contribution in [2.75, 3.05) is 65.7 Å². The lowest BCUT2D eigenvalue weighted by atomic mass is 10.0. The molecule has 0 N–H and O–H groups in total. The second-order valence-corrected chi connectivity index (χ2v) is 6.93. The van der Waals surface area contributed by atoms with Crippen molar-refractivity contribution in [3.05, 3.63) is 35.4 Å². The Balaban J connectivity index is 1.31. The molecule has 0 aliphatic carbocycles. The molecule has 2 saturated heterocycles. The molecule has 2 fully saturated rings. The topological polar surface area (TPSA) is 24.9 Å². The highest BCUT2D eigenvalue weighted by molar-refractivity contribution is 5.22. The Labute approximate surface area is 146 Å². The summed E-state index contributed by atoms with van der Waals surface area (Å²) < 4.78 is 10.8. The number of benzene rings is 1. The number of aryl methyl sites for hydroxylation is 2. The van der Waals surface area contributed by atoms with Gasteiger partial charge in [-0.2, -0.15) is 0 Å². The number of morpholine rings is 2. The van der Waals surface area contributed by atoms with Crippen LogP contribution in [-0.4, -0.2) is 75.5 Å². The largest absolute Gasteiger partial charge is 0.379 e. The van der Waals surface area contributed by atoms with E-state index in [0.717, 1.165) is 52.6 Å². The van der Waals surface area contributed by atoms with Gasteiger partial charge in [0.2, 0.25) is 0 Å². The maximum absolute atomic E-state index is 5.40. The van der Waals surface area contributed by atoms with Gasteiger partial charge in [0.15, 0.2) is 0 Å². The molecular formula is C20H32N2O2. The van der Waals surface area contributed by atoms with Gasteiger partial charge in [0.05, 0.1) is 26.4 Å². The molecule has 4 nitrogen and oxygen atoms in total. The van der Waals surface area contributed by atoms with Crippen LogP contribution in [0.4, 0.5) is 0 Å². The number of nitrogens with zero attached hydrogens (tertiary/aromatic N) is 2. The molecule has 4 heteroatoms.